The number of hydrogen-bond donors (Lipinski definition) is 1. The Morgan fingerprint density at radius 2 is 2.00 bits per heavy atom. The van der Waals surface area contributed by atoms with E-state index in [0.717, 1.165) is 16.7 Å². The van der Waals surface area contributed by atoms with E-state index in [0.29, 0.717) is 11.3 Å². The fourth-order valence-corrected chi connectivity index (χ4v) is 2.47. The average Bonchev–Trinajstić information content (AvgIpc) is 2.49. The van der Waals surface area contributed by atoms with Gasteiger partial charge in [-0.1, -0.05) is 6.07 Å². The van der Waals surface area contributed by atoms with Gasteiger partial charge in [-0.2, -0.15) is 5.26 Å². The molecule has 0 aliphatic carbocycles. The molecule has 4 heteroatoms. The molecule has 3 rings (SSSR count). The summed E-state index contributed by atoms with van der Waals surface area (Å²) in [5.41, 5.74) is 3.02. The van der Waals surface area contributed by atoms with Crippen LogP contribution in [-0.4, -0.2) is 11.7 Å². The van der Waals surface area contributed by atoms with E-state index in [1.54, 1.807) is 30.3 Å². The maximum Gasteiger partial charge on any atom is 0.132 e. The topological polar surface area (TPSA) is 53.2 Å². The van der Waals surface area contributed by atoms with E-state index in [4.69, 9.17) is 10.00 Å². The van der Waals surface area contributed by atoms with E-state index >= 15 is 0 Å². The number of aromatic hydroxyl groups is 1. The second-order valence-electron chi connectivity index (χ2n) is 4.88. The van der Waals surface area contributed by atoms with Crippen molar-refractivity contribution in [3.63, 3.8) is 0 Å². The van der Waals surface area contributed by atoms with Crippen molar-refractivity contribution in [2.75, 3.05) is 6.61 Å². The molecule has 0 spiro atoms. The first-order valence-corrected chi connectivity index (χ1v) is 6.46. The number of ether oxygens (including phenoxy) is 1. The highest BCUT2D eigenvalue weighted by Gasteiger charge is 2.21. The van der Waals surface area contributed by atoms with Gasteiger partial charge >= 0.3 is 0 Å². The van der Waals surface area contributed by atoms with Crippen molar-refractivity contribution < 1.29 is 14.2 Å². The van der Waals surface area contributed by atoms with Crippen LogP contribution in [0.3, 0.4) is 0 Å². The zero-order valence-electron chi connectivity index (χ0n) is 11.4. The number of phenolic OH excluding ortho intramolecular Hbond substituents is 1. The molecule has 0 atom stereocenters. The number of allylic oxidation sites excluding steroid dienone is 1. The Balaban J connectivity index is 2.15. The molecule has 0 unspecified atom stereocenters. The largest absolute Gasteiger partial charge is 0.508 e. The number of nitriles is 1. The summed E-state index contributed by atoms with van der Waals surface area (Å²) in [4.78, 5) is 0. The summed E-state index contributed by atoms with van der Waals surface area (Å²) < 4.78 is 19.8. The van der Waals surface area contributed by atoms with Gasteiger partial charge in [0.1, 0.15) is 23.9 Å². The zero-order chi connectivity index (χ0) is 15.0. The van der Waals surface area contributed by atoms with E-state index < -0.39 is 5.82 Å². The molecule has 1 heterocycles. The normalized spacial score (nSPS) is 13.4. The minimum Gasteiger partial charge on any atom is -0.508 e. The van der Waals surface area contributed by atoms with Crippen molar-refractivity contribution in [3.05, 3.63) is 58.9 Å². The third kappa shape index (κ3) is 2.23. The molecule has 1 N–H and O–H groups in total. The average molecular weight is 281 g/mol. The first-order valence-electron chi connectivity index (χ1n) is 6.46. The Hall–Kier alpha value is -2.80. The van der Waals surface area contributed by atoms with Crippen molar-refractivity contribution in [1.29, 1.82) is 5.26 Å². The molecule has 0 bridgehead atoms. The van der Waals surface area contributed by atoms with Crippen LogP contribution < -0.4 is 4.74 Å². The minimum absolute atomic E-state index is 0.137. The monoisotopic (exact) mass is 281 g/mol. The van der Waals surface area contributed by atoms with Crippen molar-refractivity contribution in [2.45, 2.75) is 6.92 Å². The molecule has 0 amide bonds. The van der Waals surface area contributed by atoms with Crippen LogP contribution >= 0.6 is 0 Å². The summed E-state index contributed by atoms with van der Waals surface area (Å²) in [6.45, 7) is 2.13. The quantitative estimate of drug-likeness (QED) is 0.866. The Labute approximate surface area is 121 Å². The van der Waals surface area contributed by atoms with E-state index in [1.165, 1.54) is 6.07 Å². The molecule has 1 aliphatic heterocycles. The predicted octanol–water partition coefficient (Wildman–Crippen LogP) is 3.73. The second kappa shape index (κ2) is 4.95. The highest BCUT2D eigenvalue weighted by molar-refractivity contribution is 5.94. The standard InChI is InChI=1S/C17H12FNO2/c1-10-14-7-12(20)3-5-17(14)21-9-15(10)13-4-2-11(8-19)6-16(13)18/h2-7,20H,9H2,1H3. The summed E-state index contributed by atoms with van der Waals surface area (Å²) in [5, 5.41) is 18.4. The fourth-order valence-electron chi connectivity index (χ4n) is 2.47. The highest BCUT2D eigenvalue weighted by Crippen LogP contribution is 2.39. The molecule has 1 aliphatic rings. The predicted molar refractivity (Wildman–Crippen MR) is 77.2 cm³/mol. The molecule has 0 aromatic heterocycles. The van der Waals surface area contributed by atoms with Gasteiger partial charge in [-0.25, -0.2) is 4.39 Å². The van der Waals surface area contributed by atoms with Crippen LogP contribution in [0.4, 0.5) is 4.39 Å². The maximum absolute atomic E-state index is 14.2. The molecule has 2 aromatic rings. The molecule has 21 heavy (non-hydrogen) atoms. The van der Waals surface area contributed by atoms with Crippen molar-refractivity contribution in [3.8, 4) is 17.6 Å². The zero-order valence-corrected chi connectivity index (χ0v) is 11.4. The summed E-state index contributed by atoms with van der Waals surface area (Å²) in [6, 6.07) is 11.1. The molecule has 0 saturated carbocycles. The number of fused-ring (bicyclic) bond motifs is 1. The lowest BCUT2D eigenvalue weighted by Crippen LogP contribution is -2.10. The molecule has 2 aromatic carbocycles. The van der Waals surface area contributed by atoms with Gasteiger partial charge in [0, 0.05) is 16.7 Å². The summed E-state index contributed by atoms with van der Waals surface area (Å²) in [5.74, 6) is 0.358. The lowest BCUT2D eigenvalue weighted by Gasteiger charge is -2.23. The summed E-state index contributed by atoms with van der Waals surface area (Å²) >= 11 is 0. The van der Waals surface area contributed by atoms with Crippen LogP contribution in [0.15, 0.2) is 36.4 Å². The van der Waals surface area contributed by atoms with E-state index in [9.17, 15) is 9.50 Å². The van der Waals surface area contributed by atoms with Crippen LogP contribution in [0.25, 0.3) is 11.1 Å². The molecular formula is C17H12FNO2. The van der Waals surface area contributed by atoms with Crippen LogP contribution in [-0.2, 0) is 0 Å². The SMILES string of the molecule is CC1=C(c2ccc(C#N)cc2F)COc2ccc(O)cc21. The Morgan fingerprint density at radius 1 is 1.19 bits per heavy atom. The van der Waals surface area contributed by atoms with Gasteiger partial charge in [0.2, 0.25) is 0 Å². The maximum atomic E-state index is 14.2. The van der Waals surface area contributed by atoms with Crippen LogP contribution in [0.2, 0.25) is 0 Å². The molecular weight excluding hydrogens is 269 g/mol. The summed E-state index contributed by atoms with van der Waals surface area (Å²) in [6.07, 6.45) is 0. The third-order valence-corrected chi connectivity index (χ3v) is 3.62. The first-order chi connectivity index (χ1) is 10.1. The van der Waals surface area contributed by atoms with Crippen molar-refractivity contribution >= 4 is 11.1 Å². The lowest BCUT2D eigenvalue weighted by atomic mass is 9.93. The van der Waals surface area contributed by atoms with Gasteiger partial charge in [0.15, 0.2) is 0 Å². The number of phenols is 1. The Bertz CT molecular complexity index is 803. The van der Waals surface area contributed by atoms with Gasteiger partial charge in [0.05, 0.1) is 11.6 Å². The van der Waals surface area contributed by atoms with Crippen LogP contribution in [0, 0.1) is 17.1 Å². The van der Waals surface area contributed by atoms with E-state index in [2.05, 4.69) is 0 Å². The minimum atomic E-state index is -0.449. The molecule has 0 radical (unpaired) electrons. The molecule has 0 fully saturated rings. The highest BCUT2D eigenvalue weighted by atomic mass is 19.1. The van der Waals surface area contributed by atoms with Crippen molar-refractivity contribution in [2.24, 2.45) is 0 Å². The lowest BCUT2D eigenvalue weighted by molar-refractivity contribution is 0.362. The van der Waals surface area contributed by atoms with Gasteiger partial charge in [-0.3, -0.25) is 0 Å². The van der Waals surface area contributed by atoms with Gasteiger partial charge in [-0.15, -0.1) is 0 Å². The number of benzene rings is 2. The van der Waals surface area contributed by atoms with Gasteiger partial charge in [-0.05, 0) is 42.8 Å². The smallest absolute Gasteiger partial charge is 0.132 e. The fraction of sp³-hybridized carbons (Fsp3) is 0.118. The third-order valence-electron chi connectivity index (χ3n) is 3.62. The summed E-state index contributed by atoms with van der Waals surface area (Å²) in [7, 11) is 0. The molecule has 0 saturated heterocycles. The van der Waals surface area contributed by atoms with Crippen molar-refractivity contribution in [1.82, 2.24) is 0 Å². The Kier molecular flexibility index (Phi) is 3.11. The number of nitrogens with zero attached hydrogens (tertiary/aromatic N) is 1. The number of rotatable bonds is 1. The van der Waals surface area contributed by atoms with Gasteiger partial charge in [0.25, 0.3) is 0 Å². The van der Waals surface area contributed by atoms with Crippen LogP contribution in [0.1, 0.15) is 23.6 Å². The Morgan fingerprint density at radius 3 is 2.71 bits per heavy atom. The molecule has 3 nitrogen and oxygen atoms in total. The number of hydrogen-bond acceptors (Lipinski definition) is 3. The van der Waals surface area contributed by atoms with E-state index in [1.807, 2.05) is 13.0 Å². The second-order valence-corrected chi connectivity index (χ2v) is 4.88. The van der Waals surface area contributed by atoms with E-state index in [-0.39, 0.29) is 17.9 Å². The van der Waals surface area contributed by atoms with Gasteiger partial charge < -0.3 is 9.84 Å². The molecule has 104 valence electrons. The number of halogens is 1. The van der Waals surface area contributed by atoms with Crippen LogP contribution in [0.5, 0.6) is 11.5 Å². The first kappa shape index (κ1) is 13.2.